The molecule has 45 heavy (non-hydrogen) atoms. The molecule has 1 aromatic heterocycles. The average molecular weight is 592 g/mol. The second-order valence-corrected chi connectivity index (χ2v) is 12.8. The fraction of sp³-hybridized carbons (Fsp3) is 0.0233. The Morgan fingerprint density at radius 2 is 0.978 bits per heavy atom. The van der Waals surface area contributed by atoms with Crippen LogP contribution in [0.5, 0.6) is 0 Å². The van der Waals surface area contributed by atoms with Gasteiger partial charge in [-0.3, -0.25) is 0 Å². The highest BCUT2D eigenvalue weighted by Crippen LogP contribution is 2.57. The molecular formula is C43H29NS. The summed E-state index contributed by atoms with van der Waals surface area (Å²) in [6.07, 6.45) is 0. The first-order valence-electron chi connectivity index (χ1n) is 15.4. The van der Waals surface area contributed by atoms with E-state index in [1.165, 1.54) is 53.6 Å². The number of fused-ring (bicyclic) bond motifs is 6. The van der Waals surface area contributed by atoms with Crippen LogP contribution < -0.4 is 4.90 Å². The van der Waals surface area contributed by atoms with Gasteiger partial charge in [0.2, 0.25) is 0 Å². The van der Waals surface area contributed by atoms with E-state index in [4.69, 9.17) is 0 Å². The van der Waals surface area contributed by atoms with E-state index in [0.717, 1.165) is 17.1 Å². The van der Waals surface area contributed by atoms with Gasteiger partial charge in [0.15, 0.2) is 0 Å². The van der Waals surface area contributed by atoms with E-state index in [1.807, 2.05) is 11.3 Å². The maximum absolute atomic E-state index is 2.46. The highest BCUT2D eigenvalue weighted by molar-refractivity contribution is 7.25. The molecule has 0 saturated carbocycles. The van der Waals surface area contributed by atoms with Crippen LogP contribution >= 0.6 is 11.3 Å². The normalized spacial score (nSPS) is 15.2. The lowest BCUT2D eigenvalue weighted by atomic mass is 9.67. The Kier molecular flexibility index (Phi) is 5.97. The molecule has 0 amide bonds. The van der Waals surface area contributed by atoms with Crippen molar-refractivity contribution in [3.05, 3.63) is 198 Å². The van der Waals surface area contributed by atoms with Gasteiger partial charge in [-0.25, -0.2) is 0 Å². The molecule has 8 aromatic rings. The van der Waals surface area contributed by atoms with E-state index in [0.29, 0.717) is 0 Å². The molecule has 1 atom stereocenters. The monoisotopic (exact) mass is 591 g/mol. The predicted octanol–water partition coefficient (Wildman–Crippen LogP) is 11.9. The number of anilines is 3. The molecule has 1 heterocycles. The molecule has 0 bridgehead atoms. The lowest BCUT2D eigenvalue weighted by Crippen LogP contribution is -2.28. The van der Waals surface area contributed by atoms with Crippen LogP contribution in [-0.4, -0.2) is 0 Å². The van der Waals surface area contributed by atoms with Gasteiger partial charge in [0.05, 0.1) is 5.41 Å². The highest BCUT2D eigenvalue weighted by Gasteiger charge is 2.46. The Morgan fingerprint density at radius 1 is 0.378 bits per heavy atom. The zero-order valence-corrected chi connectivity index (χ0v) is 25.4. The van der Waals surface area contributed by atoms with Crippen molar-refractivity contribution in [3.63, 3.8) is 0 Å². The summed E-state index contributed by atoms with van der Waals surface area (Å²) in [7, 11) is 0. The largest absolute Gasteiger partial charge is 0.310 e. The molecule has 1 nitrogen and oxygen atoms in total. The number of hydrogen-bond donors (Lipinski definition) is 0. The molecule has 0 spiro atoms. The summed E-state index contributed by atoms with van der Waals surface area (Å²) in [4.78, 5) is 2.37. The fourth-order valence-corrected chi connectivity index (χ4v) is 8.53. The summed E-state index contributed by atoms with van der Waals surface area (Å²) in [5.41, 5.74) is 10.7. The van der Waals surface area contributed by atoms with Crippen molar-refractivity contribution >= 4 is 48.6 Å². The Hall–Kier alpha value is -5.44. The Morgan fingerprint density at radius 3 is 1.73 bits per heavy atom. The van der Waals surface area contributed by atoms with Crippen molar-refractivity contribution in [2.24, 2.45) is 0 Å². The second-order valence-electron chi connectivity index (χ2n) is 11.7. The van der Waals surface area contributed by atoms with Crippen LogP contribution in [0.25, 0.3) is 31.3 Å². The minimum atomic E-state index is -0.487. The maximum Gasteiger partial charge on any atom is 0.0714 e. The van der Waals surface area contributed by atoms with Gasteiger partial charge >= 0.3 is 0 Å². The summed E-state index contributed by atoms with van der Waals surface area (Å²) >= 11 is 1.87. The first-order valence-corrected chi connectivity index (χ1v) is 16.3. The van der Waals surface area contributed by atoms with E-state index < -0.39 is 5.41 Å². The number of hydrogen-bond acceptors (Lipinski definition) is 2. The molecule has 1 aliphatic carbocycles. The third-order valence-electron chi connectivity index (χ3n) is 9.33. The number of para-hydroxylation sites is 2. The lowest BCUT2D eigenvalue weighted by Gasteiger charge is -2.35. The van der Waals surface area contributed by atoms with Crippen LogP contribution in [0.2, 0.25) is 0 Å². The summed E-state index contributed by atoms with van der Waals surface area (Å²) in [5.74, 6) is 0. The molecule has 0 fully saturated rings. The van der Waals surface area contributed by atoms with Crippen molar-refractivity contribution in [1.82, 2.24) is 0 Å². The van der Waals surface area contributed by atoms with E-state index >= 15 is 0 Å². The SMILES string of the molecule is c1ccc(N(c2ccccc2)c2ccc3c(c2)C(c2ccccc2)(c2ccc4sc5ccccc5c4c2)c2ccccc2-3)cc1. The third-order valence-corrected chi connectivity index (χ3v) is 10.5. The van der Waals surface area contributed by atoms with Crippen LogP contribution in [0.4, 0.5) is 17.1 Å². The second kappa shape index (κ2) is 10.3. The average Bonchev–Trinajstić information content (AvgIpc) is 3.63. The molecule has 1 aliphatic rings. The van der Waals surface area contributed by atoms with Gasteiger partial charge in [-0.05, 0) is 88.0 Å². The standard InChI is InChI=1S/C43H29NS/c1-4-14-30(15-5-1)43(31-24-27-42-38(28-31)37-21-11-13-23-41(37)45-42)39-22-12-10-20-35(39)36-26-25-34(29-40(36)43)44(32-16-6-2-7-17-32)33-18-8-3-9-19-33/h1-29H. The van der Waals surface area contributed by atoms with Crippen LogP contribution in [0.3, 0.4) is 0 Å². The van der Waals surface area contributed by atoms with E-state index in [1.54, 1.807) is 0 Å². The van der Waals surface area contributed by atoms with E-state index in [-0.39, 0.29) is 0 Å². The van der Waals surface area contributed by atoms with Crippen molar-refractivity contribution in [2.75, 3.05) is 4.90 Å². The smallest absolute Gasteiger partial charge is 0.0714 e. The summed E-state index contributed by atoms with van der Waals surface area (Å²) < 4.78 is 2.65. The maximum atomic E-state index is 2.46. The molecule has 212 valence electrons. The van der Waals surface area contributed by atoms with Crippen molar-refractivity contribution in [2.45, 2.75) is 5.41 Å². The van der Waals surface area contributed by atoms with Gasteiger partial charge in [0.1, 0.15) is 0 Å². The zero-order chi connectivity index (χ0) is 29.8. The van der Waals surface area contributed by atoms with Gasteiger partial charge in [-0.1, -0.05) is 121 Å². The first-order chi connectivity index (χ1) is 22.3. The van der Waals surface area contributed by atoms with Gasteiger partial charge in [0.25, 0.3) is 0 Å². The fourth-order valence-electron chi connectivity index (χ4n) is 7.44. The topological polar surface area (TPSA) is 3.24 Å². The van der Waals surface area contributed by atoms with Crippen LogP contribution in [0.1, 0.15) is 22.3 Å². The highest BCUT2D eigenvalue weighted by atomic mass is 32.1. The molecular weight excluding hydrogens is 563 g/mol. The van der Waals surface area contributed by atoms with Crippen molar-refractivity contribution in [1.29, 1.82) is 0 Å². The predicted molar refractivity (Wildman–Crippen MR) is 191 cm³/mol. The molecule has 0 saturated heterocycles. The van der Waals surface area contributed by atoms with Gasteiger partial charge in [-0.15, -0.1) is 11.3 Å². The molecule has 1 unspecified atom stereocenters. The summed E-state index contributed by atoms with van der Waals surface area (Å²) in [6.45, 7) is 0. The first kappa shape index (κ1) is 26.0. The molecule has 9 rings (SSSR count). The molecule has 7 aromatic carbocycles. The van der Waals surface area contributed by atoms with Crippen molar-refractivity contribution < 1.29 is 0 Å². The number of rotatable bonds is 5. The van der Waals surface area contributed by atoms with Gasteiger partial charge in [0, 0.05) is 37.2 Å². The van der Waals surface area contributed by atoms with Crippen LogP contribution in [-0.2, 0) is 5.41 Å². The Bertz CT molecular complexity index is 2280. The van der Waals surface area contributed by atoms with Crippen LogP contribution in [0, 0.1) is 0 Å². The quantitative estimate of drug-likeness (QED) is 0.192. The molecule has 0 N–H and O–H groups in total. The summed E-state index contributed by atoms with van der Waals surface area (Å²) in [6, 6.07) is 64.5. The Labute approximate surface area is 267 Å². The molecule has 0 radical (unpaired) electrons. The zero-order valence-electron chi connectivity index (χ0n) is 24.6. The minimum Gasteiger partial charge on any atom is -0.310 e. The number of thiophene rings is 1. The molecule has 2 heteroatoms. The van der Waals surface area contributed by atoms with Gasteiger partial charge < -0.3 is 4.90 Å². The van der Waals surface area contributed by atoms with Gasteiger partial charge in [-0.2, -0.15) is 0 Å². The Balaban J connectivity index is 1.37. The lowest BCUT2D eigenvalue weighted by molar-refractivity contribution is 0.770. The molecule has 0 aliphatic heterocycles. The number of nitrogens with zero attached hydrogens (tertiary/aromatic N) is 1. The minimum absolute atomic E-state index is 0.487. The summed E-state index contributed by atoms with van der Waals surface area (Å²) in [5, 5.41) is 2.64. The number of benzene rings is 7. The van der Waals surface area contributed by atoms with Crippen molar-refractivity contribution in [3.8, 4) is 11.1 Å². The third kappa shape index (κ3) is 3.93. The van der Waals surface area contributed by atoms with Crippen LogP contribution in [0.15, 0.2) is 176 Å². The van der Waals surface area contributed by atoms with E-state index in [9.17, 15) is 0 Å². The van der Waals surface area contributed by atoms with E-state index in [2.05, 4.69) is 181 Å².